The van der Waals surface area contributed by atoms with Crippen LogP contribution in [0.25, 0.3) is 0 Å². The summed E-state index contributed by atoms with van der Waals surface area (Å²) in [5.41, 5.74) is -0.466. The number of fused-ring (bicyclic) bond motifs is 1. The van der Waals surface area contributed by atoms with E-state index in [1.807, 2.05) is 20.8 Å². The van der Waals surface area contributed by atoms with Gasteiger partial charge in [-0.05, 0) is 39.5 Å². The Morgan fingerprint density at radius 2 is 2.06 bits per heavy atom. The molecule has 0 aromatic carbocycles. The smallest absolute Gasteiger partial charge is 0.410 e. The first-order valence-corrected chi connectivity index (χ1v) is 6.38. The molecule has 17 heavy (non-hydrogen) atoms. The number of nitrogens with zero attached hydrogens (tertiary/aromatic N) is 1. The van der Waals surface area contributed by atoms with Gasteiger partial charge in [0.1, 0.15) is 11.4 Å². The summed E-state index contributed by atoms with van der Waals surface area (Å²) in [7, 11) is 0. The van der Waals surface area contributed by atoms with Crippen LogP contribution in [0.15, 0.2) is 0 Å². The van der Waals surface area contributed by atoms with Gasteiger partial charge < -0.3 is 9.64 Å². The van der Waals surface area contributed by atoms with Gasteiger partial charge in [0.25, 0.3) is 0 Å². The molecule has 1 aliphatic carbocycles. The summed E-state index contributed by atoms with van der Waals surface area (Å²) < 4.78 is 5.40. The van der Waals surface area contributed by atoms with Crippen molar-refractivity contribution in [3.63, 3.8) is 0 Å². The Balaban J connectivity index is 2.05. The highest BCUT2D eigenvalue weighted by atomic mass is 16.6. The van der Waals surface area contributed by atoms with Gasteiger partial charge >= 0.3 is 6.09 Å². The van der Waals surface area contributed by atoms with Gasteiger partial charge in [0.05, 0.1) is 0 Å². The third-order valence-electron chi connectivity index (χ3n) is 3.47. The largest absolute Gasteiger partial charge is 0.444 e. The molecular weight excluding hydrogens is 218 g/mol. The molecule has 1 heterocycles. The van der Waals surface area contributed by atoms with Crippen LogP contribution in [0.5, 0.6) is 0 Å². The maximum absolute atomic E-state index is 12.1. The molecule has 0 aromatic heterocycles. The van der Waals surface area contributed by atoms with Gasteiger partial charge in [-0.15, -0.1) is 0 Å². The SMILES string of the molecule is CC(C)(C)OC(=O)N1CCCC2CC(=O)CC21. The molecule has 0 N–H and O–H groups in total. The van der Waals surface area contributed by atoms with Gasteiger partial charge in [0, 0.05) is 25.4 Å². The van der Waals surface area contributed by atoms with Crippen LogP contribution < -0.4 is 0 Å². The van der Waals surface area contributed by atoms with Crippen molar-refractivity contribution >= 4 is 11.9 Å². The molecule has 1 aliphatic heterocycles. The number of hydrogen-bond acceptors (Lipinski definition) is 3. The van der Waals surface area contributed by atoms with Gasteiger partial charge in [0.15, 0.2) is 0 Å². The number of ketones is 1. The fraction of sp³-hybridized carbons (Fsp3) is 0.846. The second-order valence-electron chi connectivity index (χ2n) is 6.09. The molecule has 1 saturated carbocycles. The average molecular weight is 239 g/mol. The zero-order chi connectivity index (χ0) is 12.6. The molecule has 96 valence electrons. The molecule has 0 radical (unpaired) electrons. The normalized spacial score (nSPS) is 29.1. The van der Waals surface area contributed by atoms with E-state index in [4.69, 9.17) is 4.74 Å². The zero-order valence-corrected chi connectivity index (χ0v) is 10.9. The van der Waals surface area contributed by atoms with Gasteiger partial charge in [0.2, 0.25) is 0 Å². The number of ether oxygens (including phenoxy) is 1. The van der Waals surface area contributed by atoms with E-state index in [-0.39, 0.29) is 17.9 Å². The van der Waals surface area contributed by atoms with E-state index in [9.17, 15) is 9.59 Å². The topological polar surface area (TPSA) is 46.6 Å². The van der Waals surface area contributed by atoms with Crippen LogP contribution in [-0.2, 0) is 9.53 Å². The Labute approximate surface area is 102 Å². The van der Waals surface area contributed by atoms with Crippen molar-refractivity contribution in [2.24, 2.45) is 5.92 Å². The van der Waals surface area contributed by atoms with E-state index < -0.39 is 5.60 Å². The number of carbonyl (C=O) groups excluding carboxylic acids is 2. The molecule has 2 atom stereocenters. The van der Waals surface area contributed by atoms with E-state index >= 15 is 0 Å². The Hall–Kier alpha value is -1.06. The fourth-order valence-electron chi connectivity index (χ4n) is 2.81. The van der Waals surface area contributed by atoms with E-state index in [1.165, 1.54) is 0 Å². The van der Waals surface area contributed by atoms with E-state index in [2.05, 4.69) is 0 Å². The summed E-state index contributed by atoms with van der Waals surface area (Å²) in [4.78, 5) is 25.3. The molecule has 2 rings (SSSR count). The molecule has 0 spiro atoms. The standard InChI is InChI=1S/C13H21NO3/c1-13(2,3)17-12(16)14-6-4-5-9-7-10(15)8-11(9)14/h9,11H,4-8H2,1-3H3. The number of Topliss-reactive ketones (excluding diaryl/α,β-unsaturated/α-hetero) is 1. The summed E-state index contributed by atoms with van der Waals surface area (Å²) in [6.45, 7) is 6.33. The fourth-order valence-corrected chi connectivity index (χ4v) is 2.81. The van der Waals surface area contributed by atoms with Crippen LogP contribution in [0.1, 0.15) is 46.5 Å². The molecular formula is C13H21NO3. The number of rotatable bonds is 0. The van der Waals surface area contributed by atoms with Crippen LogP contribution in [0.3, 0.4) is 0 Å². The first-order valence-electron chi connectivity index (χ1n) is 6.38. The summed E-state index contributed by atoms with van der Waals surface area (Å²) in [5, 5.41) is 0. The monoisotopic (exact) mass is 239 g/mol. The third kappa shape index (κ3) is 2.79. The third-order valence-corrected chi connectivity index (χ3v) is 3.47. The quantitative estimate of drug-likeness (QED) is 0.652. The van der Waals surface area contributed by atoms with Gasteiger partial charge in [-0.2, -0.15) is 0 Å². The Kier molecular flexibility index (Phi) is 3.15. The molecule has 0 aromatic rings. The van der Waals surface area contributed by atoms with Crippen molar-refractivity contribution in [2.45, 2.75) is 58.1 Å². The van der Waals surface area contributed by atoms with Crippen molar-refractivity contribution in [3.05, 3.63) is 0 Å². The molecule has 0 bridgehead atoms. The van der Waals surface area contributed by atoms with Crippen LogP contribution in [0.4, 0.5) is 4.79 Å². The van der Waals surface area contributed by atoms with Crippen molar-refractivity contribution < 1.29 is 14.3 Å². The van der Waals surface area contributed by atoms with E-state index in [1.54, 1.807) is 4.90 Å². The van der Waals surface area contributed by atoms with Crippen LogP contribution in [0, 0.1) is 5.92 Å². The maximum Gasteiger partial charge on any atom is 0.410 e. The minimum Gasteiger partial charge on any atom is -0.444 e. The first kappa shape index (κ1) is 12.4. The average Bonchev–Trinajstić information content (AvgIpc) is 2.54. The lowest BCUT2D eigenvalue weighted by Gasteiger charge is -2.37. The molecule has 4 nitrogen and oxygen atoms in total. The lowest BCUT2D eigenvalue weighted by Crippen LogP contribution is -2.48. The van der Waals surface area contributed by atoms with Gasteiger partial charge in [-0.3, -0.25) is 4.79 Å². The van der Waals surface area contributed by atoms with E-state index in [0.717, 1.165) is 19.4 Å². The highest BCUT2D eigenvalue weighted by Crippen LogP contribution is 2.35. The predicted octanol–water partition coefficient (Wildman–Crippen LogP) is 2.37. The number of carbonyl (C=O) groups is 2. The second-order valence-corrected chi connectivity index (χ2v) is 6.09. The van der Waals surface area contributed by atoms with Crippen molar-refractivity contribution in [1.29, 1.82) is 0 Å². The summed E-state index contributed by atoms with van der Waals surface area (Å²) in [6.07, 6.45) is 2.94. The number of piperidine rings is 1. The minimum atomic E-state index is -0.466. The molecule has 1 amide bonds. The molecule has 1 saturated heterocycles. The Morgan fingerprint density at radius 1 is 1.35 bits per heavy atom. The second kappa shape index (κ2) is 4.31. The Bertz CT molecular complexity index is 332. The Morgan fingerprint density at radius 3 is 2.71 bits per heavy atom. The summed E-state index contributed by atoms with van der Waals surface area (Å²) in [6, 6.07) is 0.0890. The van der Waals surface area contributed by atoms with Crippen LogP contribution in [-0.4, -0.2) is 35.0 Å². The van der Waals surface area contributed by atoms with Crippen molar-refractivity contribution in [2.75, 3.05) is 6.54 Å². The van der Waals surface area contributed by atoms with Gasteiger partial charge in [-0.1, -0.05) is 0 Å². The van der Waals surface area contributed by atoms with Crippen LogP contribution >= 0.6 is 0 Å². The zero-order valence-electron chi connectivity index (χ0n) is 10.9. The first-order chi connectivity index (χ1) is 7.87. The predicted molar refractivity (Wildman–Crippen MR) is 63.7 cm³/mol. The van der Waals surface area contributed by atoms with Crippen molar-refractivity contribution in [3.8, 4) is 0 Å². The van der Waals surface area contributed by atoms with E-state index in [0.29, 0.717) is 18.8 Å². The van der Waals surface area contributed by atoms with Crippen LogP contribution in [0.2, 0.25) is 0 Å². The molecule has 4 heteroatoms. The number of amides is 1. The molecule has 2 aliphatic rings. The minimum absolute atomic E-state index is 0.0890. The summed E-state index contributed by atoms with van der Waals surface area (Å²) >= 11 is 0. The highest BCUT2D eigenvalue weighted by molar-refractivity contribution is 5.83. The lowest BCUT2D eigenvalue weighted by atomic mass is 9.92. The lowest BCUT2D eigenvalue weighted by molar-refractivity contribution is -0.117. The molecule has 2 unspecified atom stereocenters. The maximum atomic E-state index is 12.1. The highest BCUT2D eigenvalue weighted by Gasteiger charge is 2.42. The summed E-state index contributed by atoms with van der Waals surface area (Å²) in [5.74, 6) is 0.652. The van der Waals surface area contributed by atoms with Gasteiger partial charge in [-0.25, -0.2) is 4.79 Å². The number of hydrogen-bond donors (Lipinski definition) is 0. The van der Waals surface area contributed by atoms with Crippen molar-refractivity contribution in [1.82, 2.24) is 4.90 Å². The molecule has 2 fully saturated rings. The number of likely N-dealkylation sites (tertiary alicyclic amines) is 1.